The maximum absolute atomic E-state index is 13.9. The van der Waals surface area contributed by atoms with Gasteiger partial charge in [-0.3, -0.25) is 4.99 Å². The van der Waals surface area contributed by atoms with Gasteiger partial charge in [0.25, 0.3) is 0 Å². The summed E-state index contributed by atoms with van der Waals surface area (Å²) in [6.45, 7) is 8.55. The lowest BCUT2D eigenvalue weighted by Crippen LogP contribution is -2.39. The molecule has 0 heterocycles. The monoisotopic (exact) mass is 495 g/mol. The van der Waals surface area contributed by atoms with E-state index < -0.39 is 0 Å². The molecule has 5 nitrogen and oxygen atoms in total. The normalized spacial score (nSPS) is 12.5. The Hall–Kier alpha value is -1.09. The van der Waals surface area contributed by atoms with Crippen LogP contribution in [0.3, 0.4) is 0 Å². The van der Waals surface area contributed by atoms with Crippen molar-refractivity contribution >= 4 is 29.9 Å². The lowest BCUT2D eigenvalue weighted by molar-refractivity contribution is 0.245. The van der Waals surface area contributed by atoms with Gasteiger partial charge in [0.05, 0.1) is 7.11 Å². The fourth-order valence-corrected chi connectivity index (χ4v) is 2.98. The van der Waals surface area contributed by atoms with Crippen LogP contribution in [0.1, 0.15) is 39.2 Å². The molecular weight excluding hydrogens is 460 g/mol. The maximum Gasteiger partial charge on any atom is 0.193 e. The second-order valence-corrected chi connectivity index (χ2v) is 7.03. The van der Waals surface area contributed by atoms with Crippen molar-refractivity contribution in [1.29, 1.82) is 0 Å². The Labute approximate surface area is 180 Å². The highest BCUT2D eigenvalue weighted by Crippen LogP contribution is 2.19. The molecule has 0 amide bonds. The number of methoxy groups -OCH3 is 1. The van der Waals surface area contributed by atoms with Gasteiger partial charge in [0.15, 0.2) is 17.5 Å². The van der Waals surface area contributed by atoms with E-state index in [4.69, 9.17) is 9.73 Å². The van der Waals surface area contributed by atoms with E-state index in [0.717, 1.165) is 30.9 Å². The average Bonchev–Trinajstić information content (AvgIpc) is 2.58. The molecule has 1 aromatic rings. The number of hydrogen-bond donors (Lipinski definition) is 2. The molecule has 0 aliphatic carbocycles. The summed E-state index contributed by atoms with van der Waals surface area (Å²) in [7, 11) is 3.40. The Kier molecular flexibility index (Phi) is 13.4. The van der Waals surface area contributed by atoms with Crippen molar-refractivity contribution in [2.75, 3.05) is 33.9 Å². The van der Waals surface area contributed by atoms with E-state index in [1.54, 1.807) is 6.07 Å². The molecule has 0 radical (unpaired) electrons. The molecule has 1 rings (SSSR count). The molecule has 2 N–H and O–H groups in total. The highest BCUT2D eigenvalue weighted by molar-refractivity contribution is 14.0. The minimum absolute atomic E-state index is 0. The van der Waals surface area contributed by atoms with Gasteiger partial charge in [-0.15, -0.1) is 24.0 Å². The molecule has 0 saturated carbocycles. The fraction of sp³-hybridized carbons (Fsp3) is 0.650. The summed E-state index contributed by atoms with van der Waals surface area (Å²) in [5.41, 5.74) is 0.852. The first-order valence-corrected chi connectivity index (χ1v) is 9.33. The number of ether oxygens (including phenoxy) is 1. The van der Waals surface area contributed by atoms with Crippen molar-refractivity contribution in [3.05, 3.63) is 29.6 Å². The first kappa shape index (κ1) is 25.9. The molecule has 0 fully saturated rings. The molecule has 27 heavy (non-hydrogen) atoms. The van der Waals surface area contributed by atoms with E-state index in [0.29, 0.717) is 24.9 Å². The predicted octanol–water partition coefficient (Wildman–Crippen LogP) is 3.89. The van der Waals surface area contributed by atoms with E-state index >= 15 is 0 Å². The number of halogens is 2. The van der Waals surface area contributed by atoms with E-state index in [1.807, 2.05) is 24.9 Å². The lowest BCUT2D eigenvalue weighted by Gasteiger charge is -2.24. The van der Waals surface area contributed by atoms with Gasteiger partial charge >= 0.3 is 0 Å². The first-order valence-electron chi connectivity index (χ1n) is 9.33. The van der Waals surface area contributed by atoms with Crippen LogP contribution in [-0.2, 0) is 6.54 Å². The van der Waals surface area contributed by atoms with Crippen molar-refractivity contribution in [2.45, 2.75) is 40.2 Å². The number of benzene rings is 1. The van der Waals surface area contributed by atoms with Crippen LogP contribution in [0.25, 0.3) is 0 Å². The SMILES string of the molecule is CCNC(=NCC(CCO)CC(C)C)N(C)Cc1ccc(OC)c(F)c1.I. The highest BCUT2D eigenvalue weighted by atomic mass is 127. The smallest absolute Gasteiger partial charge is 0.193 e. The largest absolute Gasteiger partial charge is 0.494 e. The Morgan fingerprint density at radius 3 is 2.59 bits per heavy atom. The Morgan fingerprint density at radius 2 is 2.07 bits per heavy atom. The van der Waals surface area contributed by atoms with Gasteiger partial charge in [-0.25, -0.2) is 4.39 Å². The van der Waals surface area contributed by atoms with Crippen molar-refractivity contribution < 1.29 is 14.2 Å². The van der Waals surface area contributed by atoms with E-state index in [2.05, 4.69) is 19.2 Å². The van der Waals surface area contributed by atoms with Crippen LogP contribution in [0.5, 0.6) is 5.75 Å². The van der Waals surface area contributed by atoms with Crippen molar-refractivity contribution in [1.82, 2.24) is 10.2 Å². The summed E-state index contributed by atoms with van der Waals surface area (Å²) < 4.78 is 18.9. The van der Waals surface area contributed by atoms with E-state index in [9.17, 15) is 9.50 Å². The van der Waals surface area contributed by atoms with Crippen molar-refractivity contribution in [3.8, 4) is 5.75 Å². The topological polar surface area (TPSA) is 57.1 Å². The number of nitrogens with zero attached hydrogens (tertiary/aromatic N) is 2. The Morgan fingerprint density at radius 1 is 1.37 bits per heavy atom. The molecule has 156 valence electrons. The lowest BCUT2D eigenvalue weighted by atomic mass is 9.94. The number of rotatable bonds is 10. The number of aliphatic hydroxyl groups excluding tert-OH is 1. The molecule has 0 saturated heterocycles. The van der Waals surface area contributed by atoms with Gasteiger partial charge < -0.3 is 20.1 Å². The number of hydrogen-bond acceptors (Lipinski definition) is 3. The Balaban J connectivity index is 0.00000676. The zero-order chi connectivity index (χ0) is 19.5. The molecule has 0 aliphatic heterocycles. The zero-order valence-corrected chi connectivity index (χ0v) is 19.5. The minimum Gasteiger partial charge on any atom is -0.494 e. The second-order valence-electron chi connectivity index (χ2n) is 7.03. The highest BCUT2D eigenvalue weighted by Gasteiger charge is 2.13. The minimum atomic E-state index is -0.361. The number of nitrogens with one attached hydrogen (secondary N) is 1. The van der Waals surface area contributed by atoms with Crippen LogP contribution in [0.15, 0.2) is 23.2 Å². The second kappa shape index (κ2) is 14.0. The van der Waals surface area contributed by atoms with Gasteiger partial charge in [-0.05, 0) is 49.3 Å². The van der Waals surface area contributed by atoms with Gasteiger partial charge in [0.1, 0.15) is 0 Å². The number of aliphatic imine (C=N–C) groups is 1. The molecule has 0 spiro atoms. The third-order valence-electron chi connectivity index (χ3n) is 4.17. The maximum atomic E-state index is 13.9. The van der Waals surface area contributed by atoms with Crippen LogP contribution < -0.4 is 10.1 Å². The fourth-order valence-electron chi connectivity index (χ4n) is 2.98. The van der Waals surface area contributed by atoms with Gasteiger partial charge in [-0.2, -0.15) is 0 Å². The van der Waals surface area contributed by atoms with Gasteiger partial charge in [0.2, 0.25) is 0 Å². The third-order valence-corrected chi connectivity index (χ3v) is 4.17. The predicted molar refractivity (Wildman–Crippen MR) is 120 cm³/mol. The molecule has 0 bridgehead atoms. The summed E-state index contributed by atoms with van der Waals surface area (Å²) in [5, 5.41) is 12.6. The van der Waals surface area contributed by atoms with Crippen LogP contribution >= 0.6 is 24.0 Å². The summed E-state index contributed by atoms with van der Waals surface area (Å²) in [6, 6.07) is 4.99. The molecule has 1 aromatic carbocycles. The van der Waals surface area contributed by atoms with Gasteiger partial charge in [-0.1, -0.05) is 19.9 Å². The summed E-state index contributed by atoms with van der Waals surface area (Å²) in [4.78, 5) is 6.72. The molecular formula is C20H35FIN3O2. The molecule has 7 heteroatoms. The molecule has 1 unspecified atom stereocenters. The van der Waals surface area contributed by atoms with Crippen molar-refractivity contribution in [2.24, 2.45) is 16.8 Å². The molecule has 0 aromatic heterocycles. The van der Waals surface area contributed by atoms with Crippen LogP contribution in [0, 0.1) is 17.7 Å². The van der Waals surface area contributed by atoms with Crippen LogP contribution in [-0.4, -0.2) is 49.8 Å². The summed E-state index contributed by atoms with van der Waals surface area (Å²) in [6.07, 6.45) is 1.80. The first-order chi connectivity index (χ1) is 12.4. The number of aliphatic hydroxyl groups is 1. The van der Waals surface area contributed by atoms with Crippen LogP contribution in [0.4, 0.5) is 4.39 Å². The standard InChI is InChI=1S/C20H34FN3O2.HI/c1-6-22-20(23-13-16(9-10-25)11-15(2)3)24(4)14-17-7-8-19(26-5)18(21)12-17;/h7-8,12,15-16,25H,6,9-11,13-14H2,1-5H3,(H,22,23);1H. The summed E-state index contributed by atoms with van der Waals surface area (Å²) >= 11 is 0. The van der Waals surface area contributed by atoms with E-state index in [1.165, 1.54) is 13.2 Å². The van der Waals surface area contributed by atoms with Crippen molar-refractivity contribution in [3.63, 3.8) is 0 Å². The van der Waals surface area contributed by atoms with Crippen LogP contribution in [0.2, 0.25) is 0 Å². The Bertz CT molecular complexity index is 570. The molecule has 1 atom stereocenters. The average molecular weight is 495 g/mol. The number of guanidine groups is 1. The zero-order valence-electron chi connectivity index (χ0n) is 17.2. The summed E-state index contributed by atoms with van der Waals surface area (Å²) in [5.74, 6) is 1.61. The molecule has 0 aliphatic rings. The van der Waals surface area contributed by atoms with Gasteiger partial charge in [0, 0.05) is 33.3 Å². The quantitative estimate of drug-likeness (QED) is 0.294. The van der Waals surface area contributed by atoms with E-state index in [-0.39, 0.29) is 42.2 Å². The third kappa shape index (κ3) is 9.60.